The maximum atomic E-state index is 5.58. The van der Waals surface area contributed by atoms with E-state index in [1.807, 2.05) is 7.05 Å². The second kappa shape index (κ2) is 10.4. The third-order valence-corrected chi connectivity index (χ3v) is 6.18. The SMILES string of the molecule is CN=C(NCC1(N(C)C)CCOCC1)N1CCC(N2CCOCC2)C1.I. The minimum atomic E-state index is 0. The van der Waals surface area contributed by atoms with E-state index >= 15 is 0 Å². The molecule has 0 aliphatic carbocycles. The highest BCUT2D eigenvalue weighted by molar-refractivity contribution is 14.0. The van der Waals surface area contributed by atoms with Crippen LogP contribution in [0.25, 0.3) is 0 Å². The fourth-order valence-electron chi connectivity index (χ4n) is 4.28. The first-order chi connectivity index (χ1) is 12.1. The average molecular weight is 481 g/mol. The molecule has 0 radical (unpaired) electrons. The van der Waals surface area contributed by atoms with Crippen LogP contribution in [-0.2, 0) is 9.47 Å². The number of guanidine groups is 1. The second-order valence-electron chi connectivity index (χ2n) is 7.67. The number of aliphatic imine (C=N–C) groups is 1. The van der Waals surface area contributed by atoms with E-state index in [4.69, 9.17) is 9.47 Å². The molecule has 0 bridgehead atoms. The average Bonchev–Trinajstić information content (AvgIpc) is 3.14. The van der Waals surface area contributed by atoms with E-state index in [1.165, 1.54) is 6.42 Å². The molecule has 3 fully saturated rings. The van der Waals surface area contributed by atoms with Crippen molar-refractivity contribution in [3.05, 3.63) is 0 Å². The smallest absolute Gasteiger partial charge is 0.193 e. The fraction of sp³-hybridized carbons (Fsp3) is 0.944. The molecule has 1 N–H and O–H groups in total. The molecule has 0 aromatic rings. The van der Waals surface area contributed by atoms with Gasteiger partial charge in [0.1, 0.15) is 0 Å². The van der Waals surface area contributed by atoms with Crippen LogP contribution in [0, 0.1) is 0 Å². The van der Waals surface area contributed by atoms with E-state index in [0.29, 0.717) is 6.04 Å². The first-order valence-electron chi connectivity index (χ1n) is 9.67. The van der Waals surface area contributed by atoms with Gasteiger partial charge in [0.15, 0.2) is 5.96 Å². The molecule has 0 spiro atoms. The van der Waals surface area contributed by atoms with Gasteiger partial charge < -0.3 is 24.6 Å². The van der Waals surface area contributed by atoms with Gasteiger partial charge in [-0.05, 0) is 33.4 Å². The molecule has 26 heavy (non-hydrogen) atoms. The lowest BCUT2D eigenvalue weighted by Gasteiger charge is -2.43. The summed E-state index contributed by atoms with van der Waals surface area (Å²) in [7, 11) is 6.26. The van der Waals surface area contributed by atoms with Gasteiger partial charge in [0.25, 0.3) is 0 Å². The van der Waals surface area contributed by atoms with Gasteiger partial charge >= 0.3 is 0 Å². The molecule has 3 aliphatic rings. The summed E-state index contributed by atoms with van der Waals surface area (Å²) in [5.74, 6) is 1.04. The quantitative estimate of drug-likeness (QED) is 0.363. The zero-order valence-electron chi connectivity index (χ0n) is 16.6. The predicted molar refractivity (Wildman–Crippen MR) is 116 cm³/mol. The molecule has 1 unspecified atom stereocenters. The molecular formula is C18H36IN5O2. The Morgan fingerprint density at radius 3 is 2.38 bits per heavy atom. The Morgan fingerprint density at radius 2 is 1.77 bits per heavy atom. The van der Waals surface area contributed by atoms with Gasteiger partial charge in [-0.25, -0.2) is 0 Å². The first kappa shape index (κ1) is 22.1. The summed E-state index contributed by atoms with van der Waals surface area (Å²) < 4.78 is 11.1. The number of hydrogen-bond acceptors (Lipinski definition) is 5. The lowest BCUT2D eigenvalue weighted by Crippen LogP contribution is -2.57. The van der Waals surface area contributed by atoms with Crippen molar-refractivity contribution < 1.29 is 9.47 Å². The predicted octanol–water partition coefficient (Wildman–Crippen LogP) is 0.697. The lowest BCUT2D eigenvalue weighted by atomic mass is 9.88. The Bertz CT molecular complexity index is 451. The largest absolute Gasteiger partial charge is 0.381 e. The van der Waals surface area contributed by atoms with Gasteiger partial charge in [0.2, 0.25) is 0 Å². The molecule has 3 heterocycles. The van der Waals surface area contributed by atoms with Gasteiger partial charge in [-0.15, -0.1) is 24.0 Å². The summed E-state index contributed by atoms with van der Waals surface area (Å²) in [6.07, 6.45) is 3.36. The van der Waals surface area contributed by atoms with E-state index < -0.39 is 0 Å². The molecule has 0 aromatic carbocycles. The van der Waals surface area contributed by atoms with Crippen molar-refractivity contribution in [3.63, 3.8) is 0 Å². The van der Waals surface area contributed by atoms with Crippen molar-refractivity contribution in [2.24, 2.45) is 4.99 Å². The third kappa shape index (κ3) is 5.21. The van der Waals surface area contributed by atoms with Crippen molar-refractivity contribution >= 4 is 29.9 Å². The fourth-order valence-corrected chi connectivity index (χ4v) is 4.28. The highest BCUT2D eigenvalue weighted by atomic mass is 127. The minimum Gasteiger partial charge on any atom is -0.381 e. The van der Waals surface area contributed by atoms with Gasteiger partial charge in [0.05, 0.1) is 13.2 Å². The number of nitrogens with zero attached hydrogens (tertiary/aromatic N) is 4. The maximum Gasteiger partial charge on any atom is 0.193 e. The van der Waals surface area contributed by atoms with E-state index in [1.54, 1.807) is 0 Å². The van der Waals surface area contributed by atoms with Crippen LogP contribution >= 0.6 is 24.0 Å². The Balaban J connectivity index is 0.00000243. The van der Waals surface area contributed by atoms with Gasteiger partial charge in [-0.1, -0.05) is 0 Å². The summed E-state index contributed by atoms with van der Waals surface area (Å²) in [6.45, 7) is 8.64. The van der Waals surface area contributed by atoms with Crippen molar-refractivity contribution in [1.29, 1.82) is 0 Å². The molecule has 3 rings (SSSR count). The molecular weight excluding hydrogens is 445 g/mol. The number of likely N-dealkylation sites (tertiary alicyclic amines) is 1. The molecule has 7 nitrogen and oxygen atoms in total. The summed E-state index contributed by atoms with van der Waals surface area (Å²) in [6, 6.07) is 0.633. The maximum absolute atomic E-state index is 5.58. The Morgan fingerprint density at radius 1 is 1.12 bits per heavy atom. The van der Waals surface area contributed by atoms with Crippen molar-refractivity contribution in [3.8, 4) is 0 Å². The van der Waals surface area contributed by atoms with Crippen LogP contribution in [-0.4, -0.2) is 113 Å². The van der Waals surface area contributed by atoms with E-state index in [-0.39, 0.29) is 29.5 Å². The summed E-state index contributed by atoms with van der Waals surface area (Å²) in [4.78, 5) is 11.9. The van der Waals surface area contributed by atoms with Crippen LogP contribution in [0.4, 0.5) is 0 Å². The van der Waals surface area contributed by atoms with Crippen LogP contribution in [0.1, 0.15) is 19.3 Å². The van der Waals surface area contributed by atoms with E-state index in [9.17, 15) is 0 Å². The second-order valence-corrected chi connectivity index (χ2v) is 7.67. The number of halogens is 1. The molecule has 152 valence electrons. The van der Waals surface area contributed by atoms with Crippen LogP contribution < -0.4 is 5.32 Å². The Labute approximate surface area is 175 Å². The Hall–Kier alpha value is -0.160. The van der Waals surface area contributed by atoms with Crippen molar-refractivity contribution in [2.75, 3.05) is 80.3 Å². The molecule has 8 heteroatoms. The standard InChI is InChI=1S/C18H35N5O2.HI/c1-19-17(20-15-18(21(2)3)5-10-24-11-6-18)23-7-4-16(14-23)22-8-12-25-13-9-22;/h16H,4-15H2,1-3H3,(H,19,20);1H. The molecule has 3 saturated heterocycles. The molecule has 0 amide bonds. The van der Waals surface area contributed by atoms with Gasteiger partial charge in [0, 0.05) is 64.6 Å². The van der Waals surface area contributed by atoms with Crippen LogP contribution in [0.3, 0.4) is 0 Å². The number of morpholine rings is 1. The van der Waals surface area contributed by atoms with E-state index in [2.05, 4.69) is 39.1 Å². The summed E-state index contributed by atoms with van der Waals surface area (Å²) in [5, 5.41) is 3.66. The van der Waals surface area contributed by atoms with Gasteiger partial charge in [-0.2, -0.15) is 0 Å². The molecule has 0 saturated carbocycles. The molecule has 0 aromatic heterocycles. The van der Waals surface area contributed by atoms with E-state index in [0.717, 1.165) is 78.0 Å². The zero-order chi connectivity index (χ0) is 17.7. The number of likely N-dealkylation sites (N-methyl/N-ethyl adjacent to an activating group) is 1. The van der Waals surface area contributed by atoms with Crippen LogP contribution in [0.2, 0.25) is 0 Å². The first-order valence-corrected chi connectivity index (χ1v) is 9.67. The minimum absolute atomic E-state index is 0. The number of hydrogen-bond donors (Lipinski definition) is 1. The highest BCUT2D eigenvalue weighted by Gasteiger charge is 2.36. The number of nitrogens with one attached hydrogen (secondary N) is 1. The summed E-state index contributed by atoms with van der Waals surface area (Å²) >= 11 is 0. The zero-order valence-corrected chi connectivity index (χ0v) is 18.9. The third-order valence-electron chi connectivity index (χ3n) is 6.18. The van der Waals surface area contributed by atoms with Gasteiger partial charge in [-0.3, -0.25) is 9.89 Å². The topological polar surface area (TPSA) is 52.6 Å². The van der Waals surface area contributed by atoms with Crippen LogP contribution in [0.5, 0.6) is 0 Å². The van der Waals surface area contributed by atoms with Crippen LogP contribution in [0.15, 0.2) is 4.99 Å². The number of rotatable bonds is 4. The Kier molecular flexibility index (Phi) is 8.85. The monoisotopic (exact) mass is 481 g/mol. The number of ether oxygens (including phenoxy) is 2. The lowest BCUT2D eigenvalue weighted by molar-refractivity contribution is -0.00526. The molecule has 3 aliphatic heterocycles. The summed E-state index contributed by atoms with van der Waals surface area (Å²) in [5.41, 5.74) is 0.164. The highest BCUT2D eigenvalue weighted by Crippen LogP contribution is 2.25. The normalized spacial score (nSPS) is 27.5. The molecule has 1 atom stereocenters. The van der Waals surface area contributed by atoms with Crippen molar-refractivity contribution in [1.82, 2.24) is 20.0 Å². The van der Waals surface area contributed by atoms with Crippen molar-refractivity contribution in [2.45, 2.75) is 30.8 Å².